The van der Waals surface area contributed by atoms with Crippen molar-refractivity contribution in [3.05, 3.63) is 0 Å². The van der Waals surface area contributed by atoms with E-state index in [1.807, 2.05) is 7.11 Å². The summed E-state index contributed by atoms with van der Waals surface area (Å²) in [7, 11) is 1.81. The van der Waals surface area contributed by atoms with Crippen LogP contribution in [0, 0.1) is 0 Å². The van der Waals surface area contributed by atoms with Crippen LogP contribution in [0.3, 0.4) is 0 Å². The average Bonchev–Trinajstić information content (AvgIpc) is 2.36. The van der Waals surface area contributed by atoms with Gasteiger partial charge in [0.1, 0.15) is 19.6 Å². The summed E-state index contributed by atoms with van der Waals surface area (Å²) in [6, 6.07) is 0. The van der Waals surface area contributed by atoms with Crippen molar-refractivity contribution in [1.82, 2.24) is 0 Å². The van der Waals surface area contributed by atoms with Gasteiger partial charge in [-0.3, -0.25) is 0 Å². The third kappa shape index (κ3) is 1.25. The van der Waals surface area contributed by atoms with Crippen molar-refractivity contribution in [2.45, 2.75) is 19.8 Å². The molecule has 1 rings (SSSR count). The number of hydroxylamine groups is 3. The minimum atomic E-state index is 0.889. The van der Waals surface area contributed by atoms with Crippen LogP contribution in [0.4, 0.5) is 0 Å². The molecule has 0 saturated carbocycles. The molecule has 1 aliphatic rings. The lowest BCUT2D eigenvalue weighted by molar-refractivity contribution is -1.09. The van der Waals surface area contributed by atoms with Gasteiger partial charge in [0.2, 0.25) is 0 Å². The first-order chi connectivity index (χ1) is 4.33. The molecule has 0 aliphatic carbocycles. The summed E-state index contributed by atoms with van der Waals surface area (Å²) in [5.74, 6) is 0. The van der Waals surface area contributed by atoms with Crippen molar-refractivity contribution in [3.8, 4) is 0 Å². The topological polar surface area (TPSA) is 9.23 Å². The SMILES string of the molecule is CC[N+]1(OC)CCCC1. The van der Waals surface area contributed by atoms with Gasteiger partial charge in [-0.1, -0.05) is 0 Å². The molecule has 1 saturated heterocycles. The first kappa shape index (κ1) is 7.03. The Kier molecular flexibility index (Phi) is 2.09. The second kappa shape index (κ2) is 2.67. The highest BCUT2D eigenvalue weighted by atomic mass is 16.7. The number of nitrogens with zero attached hydrogens (tertiary/aromatic N) is 1. The Labute approximate surface area is 57.0 Å². The molecule has 1 aliphatic heterocycles. The Morgan fingerprint density at radius 3 is 2.11 bits per heavy atom. The lowest BCUT2D eigenvalue weighted by Crippen LogP contribution is -2.43. The van der Waals surface area contributed by atoms with Crippen LogP contribution in [0.15, 0.2) is 0 Å². The predicted molar refractivity (Wildman–Crippen MR) is 36.8 cm³/mol. The molecule has 2 heteroatoms. The molecule has 0 unspecified atom stereocenters. The van der Waals surface area contributed by atoms with E-state index in [1.165, 1.54) is 25.9 Å². The molecular formula is C7H16NO+. The largest absolute Gasteiger partial charge is 0.206 e. The molecule has 0 amide bonds. The van der Waals surface area contributed by atoms with Crippen molar-refractivity contribution < 1.29 is 9.48 Å². The van der Waals surface area contributed by atoms with Crippen LogP contribution >= 0.6 is 0 Å². The van der Waals surface area contributed by atoms with E-state index in [-0.39, 0.29) is 0 Å². The van der Waals surface area contributed by atoms with Crippen LogP contribution in [-0.4, -0.2) is 31.4 Å². The Balaban J connectivity index is 2.45. The smallest absolute Gasteiger partial charge is 0.109 e. The molecule has 0 aromatic heterocycles. The zero-order valence-corrected chi connectivity index (χ0v) is 6.39. The van der Waals surface area contributed by atoms with Gasteiger partial charge in [0.05, 0.1) is 7.11 Å². The van der Waals surface area contributed by atoms with E-state index in [1.54, 1.807) is 0 Å². The molecule has 0 spiro atoms. The first-order valence-corrected chi connectivity index (χ1v) is 3.75. The molecule has 1 fully saturated rings. The number of likely N-dealkylation sites (tertiary alicyclic amines) is 1. The van der Waals surface area contributed by atoms with E-state index in [4.69, 9.17) is 4.84 Å². The molecule has 0 atom stereocenters. The predicted octanol–water partition coefficient (Wildman–Crippen LogP) is 1.18. The zero-order valence-electron chi connectivity index (χ0n) is 6.39. The highest BCUT2D eigenvalue weighted by Gasteiger charge is 2.30. The van der Waals surface area contributed by atoms with Crippen LogP contribution in [-0.2, 0) is 4.84 Å². The molecule has 0 N–H and O–H groups in total. The summed E-state index contributed by atoms with van der Waals surface area (Å²) < 4.78 is 0.889. The van der Waals surface area contributed by atoms with Crippen molar-refractivity contribution in [2.75, 3.05) is 26.7 Å². The van der Waals surface area contributed by atoms with Crippen LogP contribution in [0.2, 0.25) is 0 Å². The maximum Gasteiger partial charge on any atom is 0.109 e. The molecule has 0 radical (unpaired) electrons. The van der Waals surface area contributed by atoms with E-state index >= 15 is 0 Å². The first-order valence-electron chi connectivity index (χ1n) is 3.75. The van der Waals surface area contributed by atoms with Crippen LogP contribution in [0.25, 0.3) is 0 Å². The molecular weight excluding hydrogens is 114 g/mol. The third-order valence-corrected chi connectivity index (χ3v) is 2.34. The molecule has 0 bridgehead atoms. The lowest BCUT2D eigenvalue weighted by Gasteiger charge is -2.27. The second-order valence-electron chi connectivity index (χ2n) is 2.71. The van der Waals surface area contributed by atoms with Crippen molar-refractivity contribution >= 4 is 0 Å². The summed E-state index contributed by atoms with van der Waals surface area (Å²) in [6.45, 7) is 5.74. The summed E-state index contributed by atoms with van der Waals surface area (Å²) in [6.07, 6.45) is 2.67. The van der Waals surface area contributed by atoms with Crippen LogP contribution in [0.5, 0.6) is 0 Å². The minimum Gasteiger partial charge on any atom is -0.206 e. The number of quaternary nitrogens is 1. The van der Waals surface area contributed by atoms with Gasteiger partial charge in [-0.05, 0) is 6.92 Å². The third-order valence-electron chi connectivity index (χ3n) is 2.34. The summed E-state index contributed by atoms with van der Waals surface area (Å²) >= 11 is 0. The van der Waals surface area contributed by atoms with Crippen molar-refractivity contribution in [1.29, 1.82) is 0 Å². The monoisotopic (exact) mass is 130 g/mol. The molecule has 9 heavy (non-hydrogen) atoms. The van der Waals surface area contributed by atoms with Gasteiger partial charge in [-0.15, -0.1) is 0 Å². The highest BCUT2D eigenvalue weighted by Crippen LogP contribution is 2.18. The summed E-state index contributed by atoms with van der Waals surface area (Å²) in [5.41, 5.74) is 0. The van der Waals surface area contributed by atoms with E-state index < -0.39 is 0 Å². The Bertz CT molecular complexity index is 80.9. The fourth-order valence-corrected chi connectivity index (χ4v) is 1.54. The molecule has 0 aromatic carbocycles. The Hall–Kier alpha value is -0.0800. The number of hydrogen-bond donors (Lipinski definition) is 0. The zero-order chi connectivity index (χ0) is 6.74. The van der Waals surface area contributed by atoms with Crippen molar-refractivity contribution in [3.63, 3.8) is 0 Å². The van der Waals surface area contributed by atoms with E-state index in [0.717, 1.165) is 11.2 Å². The van der Waals surface area contributed by atoms with Gasteiger partial charge >= 0.3 is 0 Å². The second-order valence-corrected chi connectivity index (χ2v) is 2.71. The van der Waals surface area contributed by atoms with Gasteiger partial charge in [0.25, 0.3) is 0 Å². The molecule has 54 valence electrons. The van der Waals surface area contributed by atoms with Gasteiger partial charge in [-0.25, -0.2) is 4.84 Å². The van der Waals surface area contributed by atoms with Gasteiger partial charge < -0.3 is 0 Å². The summed E-state index contributed by atoms with van der Waals surface area (Å²) in [4.78, 5) is 5.39. The number of hydrogen-bond acceptors (Lipinski definition) is 1. The van der Waals surface area contributed by atoms with E-state index in [2.05, 4.69) is 6.92 Å². The quantitative estimate of drug-likeness (QED) is 0.510. The normalized spacial score (nSPS) is 24.7. The Morgan fingerprint density at radius 2 is 1.89 bits per heavy atom. The maximum absolute atomic E-state index is 5.39. The molecule has 2 nitrogen and oxygen atoms in total. The lowest BCUT2D eigenvalue weighted by atomic mass is 10.4. The van der Waals surface area contributed by atoms with Crippen LogP contribution in [0.1, 0.15) is 19.8 Å². The molecule has 1 heterocycles. The molecule has 0 aromatic rings. The standard InChI is InChI=1S/C7H16NO/c1-3-8(9-2)6-4-5-7-8/h3-7H2,1-2H3/q+1. The van der Waals surface area contributed by atoms with E-state index in [9.17, 15) is 0 Å². The Morgan fingerprint density at radius 1 is 1.33 bits per heavy atom. The van der Waals surface area contributed by atoms with Crippen LogP contribution < -0.4 is 0 Å². The average molecular weight is 130 g/mol. The fourth-order valence-electron chi connectivity index (χ4n) is 1.54. The van der Waals surface area contributed by atoms with E-state index in [0.29, 0.717) is 0 Å². The van der Waals surface area contributed by atoms with Gasteiger partial charge in [-0.2, -0.15) is 4.65 Å². The number of rotatable bonds is 2. The minimum absolute atomic E-state index is 0.889. The van der Waals surface area contributed by atoms with Crippen molar-refractivity contribution in [2.24, 2.45) is 0 Å². The highest BCUT2D eigenvalue weighted by molar-refractivity contribution is 4.47. The fraction of sp³-hybridized carbons (Fsp3) is 1.00. The summed E-state index contributed by atoms with van der Waals surface area (Å²) in [5, 5.41) is 0. The van der Waals surface area contributed by atoms with Gasteiger partial charge in [0.15, 0.2) is 0 Å². The van der Waals surface area contributed by atoms with Gasteiger partial charge in [0, 0.05) is 12.8 Å². The maximum atomic E-state index is 5.39.